The third kappa shape index (κ3) is 3.00. The van der Waals surface area contributed by atoms with Gasteiger partial charge < -0.3 is 5.32 Å². The number of piperidine rings is 1. The highest BCUT2D eigenvalue weighted by Crippen LogP contribution is 2.33. The molecule has 0 aliphatic carbocycles. The Hall–Kier alpha value is -1.30. The average Bonchev–Trinajstić information content (AvgIpc) is 2.83. The summed E-state index contributed by atoms with van der Waals surface area (Å²) >= 11 is 0. The third-order valence-corrected chi connectivity index (χ3v) is 4.49. The van der Waals surface area contributed by atoms with E-state index in [0.29, 0.717) is 12.1 Å². The van der Waals surface area contributed by atoms with Crippen molar-refractivity contribution in [2.75, 3.05) is 18.4 Å². The van der Waals surface area contributed by atoms with E-state index in [9.17, 15) is 17.6 Å². The van der Waals surface area contributed by atoms with Crippen molar-refractivity contribution in [3.63, 3.8) is 0 Å². The van der Waals surface area contributed by atoms with Crippen LogP contribution in [0.1, 0.15) is 31.2 Å². The largest absolute Gasteiger partial charge is 0.416 e. The summed E-state index contributed by atoms with van der Waals surface area (Å²) in [5.74, 6) is -0.834. The Bertz CT molecular complexity index is 515. The molecule has 1 aromatic carbocycles. The number of nitrogens with one attached hydrogen (secondary N) is 1. The van der Waals surface area contributed by atoms with Crippen molar-refractivity contribution in [1.82, 2.24) is 4.90 Å². The highest BCUT2D eigenvalue weighted by atomic mass is 19.4. The first kappa shape index (κ1) is 14.6. The standard InChI is InChI=1S/C15H18F4N2/c16-11-9-10(15(17,18)19)4-5-12(11)20-13-6-8-21-7-2-1-3-14(13)21/h4-5,9,13-14,20H,1-3,6-8H2. The lowest BCUT2D eigenvalue weighted by Crippen LogP contribution is -2.41. The van der Waals surface area contributed by atoms with E-state index in [0.717, 1.165) is 38.4 Å². The second-order valence-electron chi connectivity index (χ2n) is 5.83. The molecule has 2 saturated heterocycles. The number of hydrogen-bond acceptors (Lipinski definition) is 2. The quantitative estimate of drug-likeness (QED) is 0.834. The van der Waals surface area contributed by atoms with Gasteiger partial charge in [-0.05, 0) is 44.0 Å². The van der Waals surface area contributed by atoms with Crippen molar-refractivity contribution >= 4 is 5.69 Å². The average molecular weight is 302 g/mol. The molecule has 0 saturated carbocycles. The van der Waals surface area contributed by atoms with Crippen molar-refractivity contribution in [2.45, 2.75) is 43.9 Å². The fourth-order valence-electron chi connectivity index (χ4n) is 3.42. The number of benzene rings is 1. The molecule has 2 fully saturated rings. The fourth-order valence-corrected chi connectivity index (χ4v) is 3.42. The Morgan fingerprint density at radius 1 is 1.10 bits per heavy atom. The van der Waals surface area contributed by atoms with Crippen molar-refractivity contribution in [3.05, 3.63) is 29.6 Å². The van der Waals surface area contributed by atoms with E-state index in [1.165, 1.54) is 12.5 Å². The second-order valence-corrected chi connectivity index (χ2v) is 5.83. The number of fused-ring (bicyclic) bond motifs is 1. The lowest BCUT2D eigenvalue weighted by molar-refractivity contribution is -0.137. The Kier molecular flexibility index (Phi) is 3.82. The summed E-state index contributed by atoms with van der Waals surface area (Å²) in [5, 5.41) is 3.10. The minimum atomic E-state index is -4.51. The molecule has 3 rings (SSSR count). The van der Waals surface area contributed by atoms with Crippen LogP contribution in [0, 0.1) is 5.82 Å². The zero-order valence-electron chi connectivity index (χ0n) is 11.6. The maximum atomic E-state index is 13.9. The monoisotopic (exact) mass is 302 g/mol. The van der Waals surface area contributed by atoms with Crippen LogP contribution >= 0.6 is 0 Å². The molecule has 0 bridgehead atoms. The molecule has 0 radical (unpaired) electrons. The maximum absolute atomic E-state index is 13.9. The molecule has 2 aliphatic heterocycles. The molecular formula is C15H18F4N2. The number of nitrogens with zero attached hydrogens (tertiary/aromatic N) is 1. The Labute approximate surface area is 121 Å². The lowest BCUT2D eigenvalue weighted by Gasteiger charge is -2.33. The van der Waals surface area contributed by atoms with Crippen LogP contribution in [0.5, 0.6) is 0 Å². The van der Waals surface area contributed by atoms with Crippen LogP contribution in [0.25, 0.3) is 0 Å². The van der Waals surface area contributed by atoms with E-state index >= 15 is 0 Å². The van der Waals surface area contributed by atoms with Gasteiger partial charge in [-0.2, -0.15) is 13.2 Å². The molecule has 21 heavy (non-hydrogen) atoms. The number of anilines is 1. The number of rotatable bonds is 2. The van der Waals surface area contributed by atoms with Gasteiger partial charge in [0.05, 0.1) is 11.3 Å². The van der Waals surface area contributed by atoms with Gasteiger partial charge in [0.2, 0.25) is 0 Å². The summed E-state index contributed by atoms with van der Waals surface area (Å²) in [6.07, 6.45) is -0.176. The van der Waals surface area contributed by atoms with Gasteiger partial charge in [0.25, 0.3) is 0 Å². The summed E-state index contributed by atoms with van der Waals surface area (Å²) in [7, 11) is 0. The molecule has 2 nitrogen and oxygen atoms in total. The molecule has 116 valence electrons. The minimum absolute atomic E-state index is 0.122. The molecule has 1 N–H and O–H groups in total. The molecule has 2 unspecified atom stereocenters. The van der Waals surface area contributed by atoms with Crippen LogP contribution in [0.3, 0.4) is 0 Å². The normalized spacial score (nSPS) is 26.7. The predicted octanol–water partition coefficient (Wildman–Crippen LogP) is 3.88. The molecule has 0 aromatic heterocycles. The van der Waals surface area contributed by atoms with E-state index in [4.69, 9.17) is 0 Å². The van der Waals surface area contributed by atoms with E-state index < -0.39 is 17.6 Å². The molecule has 2 heterocycles. The van der Waals surface area contributed by atoms with Crippen LogP contribution in [-0.4, -0.2) is 30.1 Å². The number of hydrogen-bond donors (Lipinski definition) is 1. The predicted molar refractivity (Wildman–Crippen MR) is 72.6 cm³/mol. The highest BCUT2D eigenvalue weighted by Gasteiger charge is 2.36. The Balaban J connectivity index is 1.73. The van der Waals surface area contributed by atoms with Gasteiger partial charge in [-0.25, -0.2) is 4.39 Å². The maximum Gasteiger partial charge on any atom is 0.416 e. The second kappa shape index (κ2) is 5.48. The van der Waals surface area contributed by atoms with E-state index in [-0.39, 0.29) is 11.7 Å². The Morgan fingerprint density at radius 3 is 2.62 bits per heavy atom. The zero-order valence-corrected chi connectivity index (χ0v) is 11.6. The zero-order chi connectivity index (χ0) is 15.0. The summed E-state index contributed by atoms with van der Waals surface area (Å²) in [6, 6.07) is 3.19. The fraction of sp³-hybridized carbons (Fsp3) is 0.600. The molecule has 2 atom stereocenters. The van der Waals surface area contributed by atoms with Gasteiger partial charge in [-0.15, -0.1) is 0 Å². The minimum Gasteiger partial charge on any atom is -0.378 e. The topological polar surface area (TPSA) is 15.3 Å². The van der Waals surface area contributed by atoms with Gasteiger partial charge in [0.1, 0.15) is 5.82 Å². The molecule has 6 heteroatoms. The van der Waals surface area contributed by atoms with Gasteiger partial charge in [0.15, 0.2) is 0 Å². The molecule has 1 aromatic rings. The summed E-state index contributed by atoms with van der Waals surface area (Å²) in [6.45, 7) is 2.04. The summed E-state index contributed by atoms with van der Waals surface area (Å²) < 4.78 is 51.5. The van der Waals surface area contributed by atoms with Crippen molar-refractivity contribution in [1.29, 1.82) is 0 Å². The lowest BCUT2D eigenvalue weighted by atomic mass is 9.99. The first-order valence-electron chi connectivity index (χ1n) is 7.32. The van der Waals surface area contributed by atoms with Crippen molar-refractivity contribution < 1.29 is 17.6 Å². The molecule has 0 amide bonds. The Morgan fingerprint density at radius 2 is 1.90 bits per heavy atom. The van der Waals surface area contributed by atoms with E-state index in [1.54, 1.807) is 0 Å². The van der Waals surface area contributed by atoms with Crippen LogP contribution in [0.15, 0.2) is 18.2 Å². The van der Waals surface area contributed by atoms with Crippen LogP contribution in [-0.2, 0) is 6.18 Å². The van der Waals surface area contributed by atoms with E-state index in [1.807, 2.05) is 0 Å². The first-order chi connectivity index (χ1) is 9.95. The van der Waals surface area contributed by atoms with Crippen molar-refractivity contribution in [2.24, 2.45) is 0 Å². The number of halogens is 4. The molecule has 0 spiro atoms. The van der Waals surface area contributed by atoms with Crippen LogP contribution < -0.4 is 5.32 Å². The smallest absolute Gasteiger partial charge is 0.378 e. The van der Waals surface area contributed by atoms with E-state index in [2.05, 4.69) is 10.2 Å². The third-order valence-electron chi connectivity index (χ3n) is 4.49. The SMILES string of the molecule is Fc1cc(C(F)(F)F)ccc1NC1CCN2CCCCC12. The van der Waals surface area contributed by atoms with Crippen LogP contribution in [0.2, 0.25) is 0 Å². The highest BCUT2D eigenvalue weighted by molar-refractivity contribution is 5.48. The van der Waals surface area contributed by atoms with Gasteiger partial charge in [-0.3, -0.25) is 4.90 Å². The van der Waals surface area contributed by atoms with Crippen LogP contribution in [0.4, 0.5) is 23.2 Å². The van der Waals surface area contributed by atoms with Gasteiger partial charge in [0, 0.05) is 18.6 Å². The van der Waals surface area contributed by atoms with Gasteiger partial charge in [-0.1, -0.05) is 6.42 Å². The first-order valence-corrected chi connectivity index (χ1v) is 7.32. The van der Waals surface area contributed by atoms with Crippen molar-refractivity contribution in [3.8, 4) is 0 Å². The summed E-state index contributed by atoms with van der Waals surface area (Å²) in [5.41, 5.74) is -0.781. The van der Waals surface area contributed by atoms with Gasteiger partial charge >= 0.3 is 6.18 Å². The molecule has 2 aliphatic rings. The molecular weight excluding hydrogens is 284 g/mol. The summed E-state index contributed by atoms with van der Waals surface area (Å²) in [4.78, 5) is 2.39. The number of alkyl halides is 3.